The van der Waals surface area contributed by atoms with Gasteiger partial charge >= 0.3 is 0 Å². The van der Waals surface area contributed by atoms with E-state index in [1.54, 1.807) is 11.0 Å². The highest BCUT2D eigenvalue weighted by Crippen LogP contribution is 2.32. The lowest BCUT2D eigenvalue weighted by Crippen LogP contribution is -2.36. The van der Waals surface area contributed by atoms with Gasteiger partial charge in [-0.1, -0.05) is 23.9 Å². The third kappa shape index (κ3) is 3.19. The van der Waals surface area contributed by atoms with Gasteiger partial charge in [0.2, 0.25) is 11.8 Å². The van der Waals surface area contributed by atoms with Crippen LogP contribution < -0.4 is 5.32 Å². The number of carbonyl (C=O) groups is 2. The fourth-order valence-corrected chi connectivity index (χ4v) is 3.67. The number of amides is 2. The van der Waals surface area contributed by atoms with E-state index in [0.717, 1.165) is 6.42 Å². The Bertz CT molecular complexity index is 706. The molecule has 9 heteroatoms. The van der Waals surface area contributed by atoms with Gasteiger partial charge in [0.1, 0.15) is 10.9 Å². The quantitative estimate of drug-likeness (QED) is 0.665. The number of aliphatic imine (C=N–C) groups is 1. The first-order valence-electron chi connectivity index (χ1n) is 7.12. The van der Waals surface area contributed by atoms with Crippen molar-refractivity contribution in [3.8, 4) is 0 Å². The van der Waals surface area contributed by atoms with Crippen molar-refractivity contribution in [1.82, 2.24) is 4.90 Å². The first-order valence-corrected chi connectivity index (χ1v) is 8.00. The fraction of sp³-hybridized carbons (Fsp3) is 0.357. The van der Waals surface area contributed by atoms with E-state index in [4.69, 9.17) is 0 Å². The summed E-state index contributed by atoms with van der Waals surface area (Å²) in [7, 11) is 0. The van der Waals surface area contributed by atoms with Crippen LogP contribution in [0.25, 0.3) is 0 Å². The molecule has 3 rings (SSSR count). The minimum absolute atomic E-state index is 0.0366. The molecule has 0 bridgehead atoms. The van der Waals surface area contributed by atoms with Gasteiger partial charge in [-0.2, -0.15) is 0 Å². The molecule has 1 saturated heterocycles. The zero-order valence-electron chi connectivity index (χ0n) is 12.1. The normalized spacial score (nSPS) is 20.0. The van der Waals surface area contributed by atoms with Crippen LogP contribution in [0, 0.1) is 10.1 Å². The lowest BCUT2D eigenvalue weighted by Gasteiger charge is -2.19. The molecular formula is C14H14N4O4S. The minimum Gasteiger partial charge on any atom is -0.320 e. The molecule has 1 aromatic carbocycles. The largest absolute Gasteiger partial charge is 0.320 e. The fourth-order valence-electron chi connectivity index (χ4n) is 2.48. The topological polar surface area (TPSA) is 105 Å². The van der Waals surface area contributed by atoms with Crippen molar-refractivity contribution in [3.63, 3.8) is 0 Å². The van der Waals surface area contributed by atoms with Crippen LogP contribution in [0.4, 0.5) is 11.4 Å². The van der Waals surface area contributed by atoms with Crippen molar-refractivity contribution in [1.29, 1.82) is 0 Å². The molecule has 1 N–H and O–H groups in total. The number of rotatable bonds is 4. The van der Waals surface area contributed by atoms with E-state index in [9.17, 15) is 19.7 Å². The number of nitrogens with one attached hydrogen (secondary N) is 1. The smallest absolute Gasteiger partial charge is 0.292 e. The van der Waals surface area contributed by atoms with Crippen LogP contribution >= 0.6 is 11.8 Å². The summed E-state index contributed by atoms with van der Waals surface area (Å²) in [5, 5.41) is 13.6. The lowest BCUT2D eigenvalue weighted by molar-refractivity contribution is -0.383. The van der Waals surface area contributed by atoms with E-state index in [1.165, 1.54) is 30.0 Å². The van der Waals surface area contributed by atoms with Crippen LogP contribution in [0.2, 0.25) is 0 Å². The Hall–Kier alpha value is -2.42. The number of nitro benzene ring substituents is 1. The number of hydrogen-bond acceptors (Lipinski definition) is 6. The highest BCUT2D eigenvalue weighted by atomic mass is 32.2. The van der Waals surface area contributed by atoms with Crippen molar-refractivity contribution in [2.24, 2.45) is 4.99 Å². The molecule has 1 aromatic rings. The number of amidine groups is 1. The summed E-state index contributed by atoms with van der Waals surface area (Å²) < 4.78 is 0. The third-order valence-corrected chi connectivity index (χ3v) is 4.77. The zero-order chi connectivity index (χ0) is 16.4. The van der Waals surface area contributed by atoms with Gasteiger partial charge in [-0.15, -0.1) is 0 Å². The van der Waals surface area contributed by atoms with Crippen LogP contribution in [-0.2, 0) is 9.59 Å². The molecule has 120 valence electrons. The molecule has 0 spiro atoms. The number of nitro groups is 1. The van der Waals surface area contributed by atoms with Gasteiger partial charge in [0.15, 0.2) is 5.17 Å². The van der Waals surface area contributed by atoms with E-state index in [2.05, 4.69) is 10.3 Å². The van der Waals surface area contributed by atoms with E-state index in [1.807, 2.05) is 0 Å². The summed E-state index contributed by atoms with van der Waals surface area (Å²) >= 11 is 1.28. The lowest BCUT2D eigenvalue weighted by atomic mass is 10.2. The molecule has 23 heavy (non-hydrogen) atoms. The molecule has 1 unspecified atom stereocenters. The maximum absolute atomic E-state index is 12.2. The van der Waals surface area contributed by atoms with Crippen LogP contribution in [0.5, 0.6) is 0 Å². The van der Waals surface area contributed by atoms with E-state index in [0.29, 0.717) is 18.3 Å². The Labute approximate surface area is 136 Å². The second-order valence-corrected chi connectivity index (χ2v) is 6.31. The van der Waals surface area contributed by atoms with Gasteiger partial charge in [0.25, 0.3) is 5.69 Å². The van der Waals surface area contributed by atoms with E-state index in [-0.39, 0.29) is 23.7 Å². The Balaban J connectivity index is 1.67. The first kappa shape index (κ1) is 15.5. The molecule has 2 heterocycles. The standard InChI is InChI=1S/C14H14N4O4S/c19-12(16-9-4-1-2-5-10(9)18(21)22)8-11-13(20)17-7-3-6-15-14(17)23-11/h1-2,4-5,11H,3,6-8H2,(H,16,19). The SMILES string of the molecule is O=C(CC1SC2=NCCCN2C1=O)Nc1ccccc1[N+](=O)[O-]. The summed E-state index contributed by atoms with van der Waals surface area (Å²) in [6.45, 7) is 1.33. The van der Waals surface area contributed by atoms with Crippen LogP contribution in [0.1, 0.15) is 12.8 Å². The van der Waals surface area contributed by atoms with Gasteiger partial charge in [0.05, 0.1) is 4.92 Å². The number of benzene rings is 1. The van der Waals surface area contributed by atoms with Crippen LogP contribution in [0.3, 0.4) is 0 Å². The predicted molar refractivity (Wildman–Crippen MR) is 86.4 cm³/mol. The molecule has 8 nitrogen and oxygen atoms in total. The second kappa shape index (κ2) is 6.37. The number of nitrogens with zero attached hydrogens (tertiary/aromatic N) is 3. The van der Waals surface area contributed by atoms with Crippen molar-refractivity contribution >= 4 is 40.1 Å². The number of anilines is 1. The van der Waals surface area contributed by atoms with Crippen molar-refractivity contribution < 1.29 is 14.5 Å². The Morgan fingerprint density at radius 3 is 3.00 bits per heavy atom. The monoisotopic (exact) mass is 334 g/mol. The summed E-state index contributed by atoms with van der Waals surface area (Å²) in [5.41, 5.74) is -0.0407. The Kier molecular flexibility index (Phi) is 4.28. The molecule has 0 aromatic heterocycles. The third-order valence-electron chi connectivity index (χ3n) is 3.55. The molecule has 0 aliphatic carbocycles. The highest BCUT2D eigenvalue weighted by Gasteiger charge is 2.39. The zero-order valence-corrected chi connectivity index (χ0v) is 12.9. The van der Waals surface area contributed by atoms with Crippen LogP contribution in [0.15, 0.2) is 29.3 Å². The predicted octanol–water partition coefficient (Wildman–Crippen LogP) is 1.63. The molecule has 0 saturated carbocycles. The first-order chi connectivity index (χ1) is 11.1. The average molecular weight is 334 g/mol. The van der Waals surface area contributed by atoms with Gasteiger partial charge in [0, 0.05) is 25.6 Å². The molecule has 0 radical (unpaired) electrons. The molecular weight excluding hydrogens is 320 g/mol. The maximum atomic E-state index is 12.2. The molecule has 2 aliphatic rings. The molecule has 2 aliphatic heterocycles. The Morgan fingerprint density at radius 1 is 1.48 bits per heavy atom. The number of hydrogen-bond donors (Lipinski definition) is 1. The van der Waals surface area contributed by atoms with Gasteiger partial charge < -0.3 is 5.32 Å². The van der Waals surface area contributed by atoms with E-state index >= 15 is 0 Å². The van der Waals surface area contributed by atoms with Crippen molar-refractivity contribution in [3.05, 3.63) is 34.4 Å². The summed E-state index contributed by atoms with van der Waals surface area (Å²) in [6.07, 6.45) is 0.788. The van der Waals surface area contributed by atoms with Crippen molar-refractivity contribution in [2.45, 2.75) is 18.1 Å². The maximum Gasteiger partial charge on any atom is 0.292 e. The average Bonchev–Trinajstić information content (AvgIpc) is 2.84. The van der Waals surface area contributed by atoms with Gasteiger partial charge in [-0.05, 0) is 12.5 Å². The number of carbonyl (C=O) groups excluding carboxylic acids is 2. The van der Waals surface area contributed by atoms with Crippen molar-refractivity contribution in [2.75, 3.05) is 18.4 Å². The van der Waals surface area contributed by atoms with E-state index < -0.39 is 16.1 Å². The molecule has 2 amide bonds. The second-order valence-electron chi connectivity index (χ2n) is 5.14. The highest BCUT2D eigenvalue weighted by molar-refractivity contribution is 8.15. The van der Waals surface area contributed by atoms with Crippen LogP contribution in [-0.4, -0.2) is 45.1 Å². The molecule has 1 fully saturated rings. The van der Waals surface area contributed by atoms with Gasteiger partial charge in [-0.25, -0.2) is 0 Å². The number of para-hydroxylation sites is 2. The number of thioether (sulfide) groups is 1. The summed E-state index contributed by atoms with van der Waals surface area (Å²) in [5.74, 6) is -0.545. The summed E-state index contributed by atoms with van der Waals surface area (Å²) in [6, 6.07) is 5.92. The summed E-state index contributed by atoms with van der Waals surface area (Å²) in [4.78, 5) is 40.7. The Morgan fingerprint density at radius 2 is 2.26 bits per heavy atom. The molecule has 1 atom stereocenters. The van der Waals surface area contributed by atoms with Gasteiger partial charge in [-0.3, -0.25) is 29.6 Å². The minimum atomic E-state index is -0.555. The number of fused-ring (bicyclic) bond motifs is 1.